The van der Waals surface area contributed by atoms with Crippen molar-refractivity contribution in [1.82, 2.24) is 4.90 Å². The molecular formula is C17H24BrNO. The molecule has 110 valence electrons. The summed E-state index contributed by atoms with van der Waals surface area (Å²) in [4.78, 5) is 14.7. The average Bonchev–Trinajstić information content (AvgIpc) is 2.45. The highest BCUT2D eigenvalue weighted by molar-refractivity contribution is 9.09. The summed E-state index contributed by atoms with van der Waals surface area (Å²) in [6.07, 6.45) is 6.73. The van der Waals surface area contributed by atoms with Crippen molar-refractivity contribution < 1.29 is 4.79 Å². The van der Waals surface area contributed by atoms with Crippen molar-refractivity contribution >= 4 is 21.8 Å². The van der Waals surface area contributed by atoms with Crippen molar-refractivity contribution in [2.24, 2.45) is 0 Å². The SMILES string of the molecule is Cc1cccc(CC(=O)N(CCBr)C2CCCCC2)c1. The smallest absolute Gasteiger partial charge is 0.227 e. The molecule has 1 aromatic carbocycles. The summed E-state index contributed by atoms with van der Waals surface area (Å²) in [5, 5.41) is 0.864. The van der Waals surface area contributed by atoms with Gasteiger partial charge in [0.2, 0.25) is 5.91 Å². The average molecular weight is 338 g/mol. The van der Waals surface area contributed by atoms with Crippen LogP contribution in [0.4, 0.5) is 0 Å². The van der Waals surface area contributed by atoms with Gasteiger partial charge in [-0.2, -0.15) is 0 Å². The van der Waals surface area contributed by atoms with Gasteiger partial charge in [0.15, 0.2) is 0 Å². The predicted molar refractivity (Wildman–Crippen MR) is 87.3 cm³/mol. The van der Waals surface area contributed by atoms with Crippen molar-refractivity contribution in [3.63, 3.8) is 0 Å². The number of halogens is 1. The van der Waals surface area contributed by atoms with Gasteiger partial charge in [-0.3, -0.25) is 4.79 Å². The number of nitrogens with zero attached hydrogens (tertiary/aromatic N) is 1. The number of hydrogen-bond acceptors (Lipinski definition) is 1. The van der Waals surface area contributed by atoms with E-state index in [1.807, 2.05) is 6.07 Å². The topological polar surface area (TPSA) is 20.3 Å². The third kappa shape index (κ3) is 4.34. The van der Waals surface area contributed by atoms with Gasteiger partial charge in [0, 0.05) is 17.9 Å². The third-order valence-corrected chi connectivity index (χ3v) is 4.45. The molecule has 1 fully saturated rings. The monoisotopic (exact) mass is 337 g/mol. The Balaban J connectivity index is 2.02. The summed E-state index contributed by atoms with van der Waals surface area (Å²) >= 11 is 3.49. The predicted octanol–water partition coefficient (Wildman–Crippen LogP) is 4.09. The highest BCUT2D eigenvalue weighted by Crippen LogP contribution is 2.23. The molecule has 1 aliphatic rings. The third-order valence-electron chi connectivity index (χ3n) is 4.10. The van der Waals surface area contributed by atoms with E-state index in [4.69, 9.17) is 0 Å². The van der Waals surface area contributed by atoms with E-state index in [-0.39, 0.29) is 5.91 Å². The van der Waals surface area contributed by atoms with E-state index in [9.17, 15) is 4.79 Å². The molecule has 1 aliphatic carbocycles. The van der Waals surface area contributed by atoms with Gasteiger partial charge in [-0.1, -0.05) is 65.0 Å². The van der Waals surface area contributed by atoms with Crippen molar-refractivity contribution in [2.45, 2.75) is 51.5 Å². The van der Waals surface area contributed by atoms with Crippen molar-refractivity contribution in [3.05, 3.63) is 35.4 Å². The lowest BCUT2D eigenvalue weighted by Gasteiger charge is -2.34. The Kier molecular flexibility index (Phi) is 6.08. The van der Waals surface area contributed by atoms with Gasteiger partial charge in [0.05, 0.1) is 6.42 Å². The highest BCUT2D eigenvalue weighted by atomic mass is 79.9. The van der Waals surface area contributed by atoms with E-state index < -0.39 is 0 Å². The molecule has 0 unspecified atom stereocenters. The molecule has 0 aromatic heterocycles. The van der Waals surface area contributed by atoms with Gasteiger partial charge in [-0.15, -0.1) is 0 Å². The van der Waals surface area contributed by atoms with E-state index in [1.165, 1.54) is 37.7 Å². The van der Waals surface area contributed by atoms with E-state index in [0.717, 1.165) is 17.4 Å². The molecule has 2 rings (SSSR count). The Morgan fingerprint density at radius 3 is 2.70 bits per heavy atom. The zero-order valence-corrected chi connectivity index (χ0v) is 13.9. The minimum atomic E-state index is 0.280. The second kappa shape index (κ2) is 7.82. The maximum Gasteiger partial charge on any atom is 0.227 e. The van der Waals surface area contributed by atoms with Crippen LogP contribution in [0, 0.1) is 6.92 Å². The van der Waals surface area contributed by atoms with Crippen LogP contribution < -0.4 is 0 Å². The van der Waals surface area contributed by atoms with E-state index in [2.05, 4.69) is 46.0 Å². The fourth-order valence-electron chi connectivity index (χ4n) is 3.09. The maximum absolute atomic E-state index is 12.6. The van der Waals surface area contributed by atoms with Crippen LogP contribution in [0.5, 0.6) is 0 Å². The fourth-order valence-corrected chi connectivity index (χ4v) is 3.48. The molecular weight excluding hydrogens is 314 g/mol. The largest absolute Gasteiger partial charge is 0.339 e. The molecule has 1 saturated carbocycles. The van der Waals surface area contributed by atoms with Crippen LogP contribution >= 0.6 is 15.9 Å². The van der Waals surface area contributed by atoms with Crippen LogP contribution in [-0.2, 0) is 11.2 Å². The molecule has 0 N–H and O–H groups in total. The highest BCUT2D eigenvalue weighted by Gasteiger charge is 2.24. The van der Waals surface area contributed by atoms with Crippen LogP contribution in [0.25, 0.3) is 0 Å². The number of carbonyl (C=O) groups is 1. The summed E-state index contributed by atoms with van der Waals surface area (Å²) < 4.78 is 0. The molecule has 0 atom stereocenters. The van der Waals surface area contributed by atoms with Crippen LogP contribution in [-0.4, -0.2) is 28.7 Å². The van der Waals surface area contributed by atoms with Crippen LogP contribution in [0.2, 0.25) is 0 Å². The first-order valence-electron chi connectivity index (χ1n) is 7.61. The minimum absolute atomic E-state index is 0.280. The molecule has 0 bridgehead atoms. The summed E-state index contributed by atoms with van der Waals surface area (Å²) in [7, 11) is 0. The van der Waals surface area contributed by atoms with Gasteiger partial charge in [-0.25, -0.2) is 0 Å². The van der Waals surface area contributed by atoms with Crippen LogP contribution in [0.1, 0.15) is 43.2 Å². The van der Waals surface area contributed by atoms with Crippen molar-refractivity contribution in [1.29, 1.82) is 0 Å². The van der Waals surface area contributed by atoms with Gasteiger partial charge in [-0.05, 0) is 25.3 Å². The number of aryl methyl sites for hydroxylation is 1. The molecule has 1 aromatic rings. The molecule has 20 heavy (non-hydrogen) atoms. The standard InChI is InChI=1S/C17H24BrNO/c1-14-6-5-7-15(12-14)13-17(20)19(11-10-18)16-8-3-2-4-9-16/h5-7,12,16H,2-4,8-11,13H2,1H3. The quantitative estimate of drug-likeness (QED) is 0.741. The van der Waals surface area contributed by atoms with E-state index in [0.29, 0.717) is 12.5 Å². The van der Waals surface area contributed by atoms with Gasteiger partial charge < -0.3 is 4.90 Å². The van der Waals surface area contributed by atoms with Crippen molar-refractivity contribution in [2.75, 3.05) is 11.9 Å². The molecule has 0 heterocycles. The lowest BCUT2D eigenvalue weighted by Crippen LogP contribution is -2.43. The number of benzene rings is 1. The Morgan fingerprint density at radius 2 is 2.05 bits per heavy atom. The van der Waals surface area contributed by atoms with E-state index in [1.54, 1.807) is 0 Å². The van der Waals surface area contributed by atoms with Gasteiger partial charge >= 0.3 is 0 Å². The van der Waals surface area contributed by atoms with Gasteiger partial charge in [0.25, 0.3) is 0 Å². The Labute approximate surface area is 130 Å². The normalized spacial score (nSPS) is 16.1. The summed E-state index contributed by atoms with van der Waals surface area (Å²) in [6, 6.07) is 8.74. The van der Waals surface area contributed by atoms with Gasteiger partial charge in [0.1, 0.15) is 0 Å². The minimum Gasteiger partial charge on any atom is -0.339 e. The van der Waals surface area contributed by atoms with Crippen LogP contribution in [0.15, 0.2) is 24.3 Å². The Morgan fingerprint density at radius 1 is 1.30 bits per heavy atom. The maximum atomic E-state index is 12.6. The number of rotatable bonds is 5. The lowest BCUT2D eigenvalue weighted by molar-refractivity contribution is -0.133. The second-order valence-electron chi connectivity index (χ2n) is 5.73. The summed E-state index contributed by atoms with van der Waals surface area (Å²) in [5.74, 6) is 0.280. The van der Waals surface area contributed by atoms with E-state index >= 15 is 0 Å². The molecule has 1 amide bonds. The first-order valence-corrected chi connectivity index (χ1v) is 8.74. The summed E-state index contributed by atoms with van der Waals surface area (Å²) in [5.41, 5.74) is 2.35. The lowest BCUT2D eigenvalue weighted by atomic mass is 9.93. The molecule has 3 heteroatoms. The number of amides is 1. The zero-order valence-electron chi connectivity index (χ0n) is 12.3. The molecule has 0 saturated heterocycles. The second-order valence-corrected chi connectivity index (χ2v) is 6.53. The Hall–Kier alpha value is -0.830. The fraction of sp³-hybridized carbons (Fsp3) is 0.588. The number of alkyl halides is 1. The number of hydrogen-bond donors (Lipinski definition) is 0. The Bertz CT molecular complexity index is 440. The molecule has 0 spiro atoms. The number of carbonyl (C=O) groups excluding carboxylic acids is 1. The molecule has 2 nitrogen and oxygen atoms in total. The molecule has 0 aliphatic heterocycles. The first-order chi connectivity index (χ1) is 9.70. The zero-order chi connectivity index (χ0) is 14.4. The summed E-state index contributed by atoms with van der Waals surface area (Å²) in [6.45, 7) is 2.90. The molecule has 0 radical (unpaired) electrons. The van der Waals surface area contributed by atoms with Crippen molar-refractivity contribution in [3.8, 4) is 0 Å². The van der Waals surface area contributed by atoms with Crippen LogP contribution in [0.3, 0.4) is 0 Å². The first kappa shape index (κ1) is 15.6.